The summed E-state index contributed by atoms with van der Waals surface area (Å²) in [7, 11) is 2.03. The Kier molecular flexibility index (Phi) is 3.69. The van der Waals surface area contributed by atoms with E-state index in [4.69, 9.17) is 11.6 Å². The number of hydrogen-bond acceptors (Lipinski definition) is 2. The van der Waals surface area contributed by atoms with E-state index in [0.29, 0.717) is 0 Å². The molecular formula is C13H15ClN2S. The van der Waals surface area contributed by atoms with Crippen molar-refractivity contribution in [3.8, 4) is 0 Å². The second kappa shape index (κ2) is 5.07. The lowest BCUT2D eigenvalue weighted by atomic mass is 10.2. The number of benzene rings is 1. The molecule has 0 atom stereocenters. The quantitative estimate of drug-likeness (QED) is 0.786. The molecule has 2 nitrogen and oxygen atoms in total. The molecule has 1 aromatic carbocycles. The maximum atomic E-state index is 5.93. The van der Waals surface area contributed by atoms with Gasteiger partial charge in [0.05, 0.1) is 5.69 Å². The van der Waals surface area contributed by atoms with Gasteiger partial charge in [-0.3, -0.25) is 0 Å². The second-order valence-electron chi connectivity index (χ2n) is 3.99. The summed E-state index contributed by atoms with van der Waals surface area (Å²) in [6.45, 7) is 4.18. The topological polar surface area (TPSA) is 17.3 Å². The standard InChI is InChI=1S/C13H15ClN2S/c1-4-11-8-16(3)13(17-11)15-12-6-5-10(14)7-9(12)2/h5-8H,4H2,1-3H3. The highest BCUT2D eigenvalue weighted by Gasteiger charge is 2.00. The van der Waals surface area contributed by atoms with Crippen molar-refractivity contribution < 1.29 is 0 Å². The van der Waals surface area contributed by atoms with Gasteiger partial charge < -0.3 is 4.57 Å². The molecular weight excluding hydrogens is 252 g/mol. The zero-order chi connectivity index (χ0) is 12.4. The van der Waals surface area contributed by atoms with Crippen molar-refractivity contribution in [1.29, 1.82) is 0 Å². The molecule has 0 aliphatic carbocycles. The van der Waals surface area contributed by atoms with Crippen LogP contribution in [0.1, 0.15) is 17.4 Å². The van der Waals surface area contributed by atoms with Gasteiger partial charge in [-0.1, -0.05) is 18.5 Å². The average Bonchev–Trinajstić information content (AvgIpc) is 2.64. The number of rotatable bonds is 2. The highest BCUT2D eigenvalue weighted by Crippen LogP contribution is 2.21. The molecule has 90 valence electrons. The van der Waals surface area contributed by atoms with Crippen LogP contribution < -0.4 is 4.80 Å². The van der Waals surface area contributed by atoms with Gasteiger partial charge in [0.15, 0.2) is 4.80 Å². The molecule has 2 aromatic rings. The van der Waals surface area contributed by atoms with Gasteiger partial charge in [-0.15, -0.1) is 11.3 Å². The Hall–Kier alpha value is -1.06. The van der Waals surface area contributed by atoms with E-state index in [9.17, 15) is 0 Å². The van der Waals surface area contributed by atoms with Crippen molar-refractivity contribution >= 4 is 28.6 Å². The van der Waals surface area contributed by atoms with Crippen LogP contribution in [0, 0.1) is 6.92 Å². The Balaban J connectivity index is 2.50. The number of hydrogen-bond donors (Lipinski definition) is 0. The first-order valence-corrected chi connectivity index (χ1v) is 6.76. The van der Waals surface area contributed by atoms with E-state index in [1.54, 1.807) is 11.3 Å². The first kappa shape index (κ1) is 12.4. The van der Waals surface area contributed by atoms with Crippen molar-refractivity contribution in [2.45, 2.75) is 20.3 Å². The molecule has 17 heavy (non-hydrogen) atoms. The van der Waals surface area contributed by atoms with Crippen molar-refractivity contribution in [2.75, 3.05) is 0 Å². The molecule has 2 rings (SSSR count). The summed E-state index contributed by atoms with van der Waals surface area (Å²) < 4.78 is 2.07. The highest BCUT2D eigenvalue weighted by molar-refractivity contribution is 7.09. The van der Waals surface area contributed by atoms with E-state index in [2.05, 4.69) is 22.7 Å². The summed E-state index contributed by atoms with van der Waals surface area (Å²) in [6.07, 6.45) is 3.18. The van der Waals surface area contributed by atoms with E-state index in [1.807, 2.05) is 32.2 Å². The van der Waals surface area contributed by atoms with E-state index in [-0.39, 0.29) is 0 Å². The van der Waals surface area contributed by atoms with Gasteiger partial charge in [-0.05, 0) is 37.1 Å². The fraction of sp³-hybridized carbons (Fsp3) is 0.308. The van der Waals surface area contributed by atoms with Crippen LogP contribution in [0.3, 0.4) is 0 Å². The molecule has 0 saturated heterocycles. The molecule has 0 spiro atoms. The lowest BCUT2D eigenvalue weighted by molar-refractivity contribution is 0.866. The normalized spacial score (nSPS) is 12.1. The molecule has 0 aliphatic heterocycles. The third kappa shape index (κ3) is 2.79. The molecule has 0 fully saturated rings. The van der Waals surface area contributed by atoms with Crippen molar-refractivity contribution in [2.24, 2.45) is 12.0 Å². The molecule has 1 heterocycles. The predicted molar refractivity (Wildman–Crippen MR) is 74.1 cm³/mol. The van der Waals surface area contributed by atoms with Gasteiger partial charge in [0, 0.05) is 23.1 Å². The lowest BCUT2D eigenvalue weighted by Gasteiger charge is -1.99. The van der Waals surface area contributed by atoms with E-state index < -0.39 is 0 Å². The maximum absolute atomic E-state index is 5.93. The van der Waals surface area contributed by atoms with Crippen LogP contribution in [0.5, 0.6) is 0 Å². The summed E-state index contributed by atoms with van der Waals surface area (Å²) in [5.41, 5.74) is 2.08. The smallest absolute Gasteiger partial charge is 0.189 e. The van der Waals surface area contributed by atoms with Gasteiger partial charge in [0.1, 0.15) is 0 Å². The summed E-state index contributed by atoms with van der Waals surface area (Å²) in [4.78, 5) is 7.04. The first-order valence-electron chi connectivity index (χ1n) is 5.56. The Morgan fingerprint density at radius 2 is 2.18 bits per heavy atom. The van der Waals surface area contributed by atoms with Crippen LogP contribution >= 0.6 is 22.9 Å². The van der Waals surface area contributed by atoms with E-state index >= 15 is 0 Å². The third-order valence-electron chi connectivity index (χ3n) is 2.59. The number of thiazole rings is 1. The molecule has 0 unspecified atom stereocenters. The zero-order valence-electron chi connectivity index (χ0n) is 10.2. The van der Waals surface area contributed by atoms with Crippen LogP contribution in [0.4, 0.5) is 5.69 Å². The fourth-order valence-electron chi connectivity index (χ4n) is 1.60. The molecule has 4 heteroatoms. The number of nitrogens with zero attached hydrogens (tertiary/aromatic N) is 2. The lowest BCUT2D eigenvalue weighted by Crippen LogP contribution is -2.08. The molecule has 0 amide bonds. The zero-order valence-corrected chi connectivity index (χ0v) is 11.8. The number of halogens is 1. The number of aromatic nitrogens is 1. The van der Waals surface area contributed by atoms with Crippen molar-refractivity contribution in [1.82, 2.24) is 4.57 Å². The van der Waals surface area contributed by atoms with Gasteiger partial charge in [0.25, 0.3) is 0 Å². The Bertz CT molecular complexity index is 596. The minimum absolute atomic E-state index is 0.756. The fourth-order valence-corrected chi connectivity index (χ4v) is 2.76. The SMILES string of the molecule is CCc1cn(C)c(=Nc2ccc(Cl)cc2C)s1. The molecule has 0 aliphatic rings. The van der Waals surface area contributed by atoms with Gasteiger partial charge >= 0.3 is 0 Å². The predicted octanol–water partition coefficient (Wildman–Crippen LogP) is 3.84. The minimum Gasteiger partial charge on any atom is -0.326 e. The number of aryl methyl sites for hydroxylation is 3. The molecule has 0 radical (unpaired) electrons. The van der Waals surface area contributed by atoms with Crippen molar-refractivity contribution in [3.05, 3.63) is 44.7 Å². The monoisotopic (exact) mass is 266 g/mol. The van der Waals surface area contributed by atoms with E-state index in [0.717, 1.165) is 27.5 Å². The van der Waals surface area contributed by atoms with E-state index in [1.165, 1.54) is 4.88 Å². The molecule has 1 aromatic heterocycles. The first-order chi connectivity index (χ1) is 8.10. The van der Waals surface area contributed by atoms with Crippen LogP contribution in [0.25, 0.3) is 0 Å². The minimum atomic E-state index is 0.756. The second-order valence-corrected chi connectivity index (χ2v) is 5.52. The van der Waals surface area contributed by atoms with Crippen LogP contribution in [0.2, 0.25) is 5.02 Å². The Labute approximate surface area is 110 Å². The summed E-state index contributed by atoms with van der Waals surface area (Å²) in [5, 5.41) is 0.756. The van der Waals surface area contributed by atoms with Gasteiger partial charge in [-0.2, -0.15) is 0 Å². The van der Waals surface area contributed by atoms with Gasteiger partial charge in [0.2, 0.25) is 0 Å². The van der Waals surface area contributed by atoms with Crippen LogP contribution in [-0.2, 0) is 13.5 Å². The summed E-state index contributed by atoms with van der Waals surface area (Å²) in [5.74, 6) is 0. The molecule has 0 saturated carbocycles. The Morgan fingerprint density at radius 3 is 2.76 bits per heavy atom. The largest absolute Gasteiger partial charge is 0.326 e. The molecule has 0 N–H and O–H groups in total. The van der Waals surface area contributed by atoms with Crippen LogP contribution in [0.15, 0.2) is 29.4 Å². The molecule has 0 bridgehead atoms. The third-order valence-corrected chi connectivity index (χ3v) is 4.04. The van der Waals surface area contributed by atoms with Crippen LogP contribution in [-0.4, -0.2) is 4.57 Å². The van der Waals surface area contributed by atoms with Gasteiger partial charge in [-0.25, -0.2) is 4.99 Å². The Morgan fingerprint density at radius 1 is 1.41 bits per heavy atom. The average molecular weight is 267 g/mol. The summed E-state index contributed by atoms with van der Waals surface area (Å²) in [6, 6.07) is 5.78. The maximum Gasteiger partial charge on any atom is 0.189 e. The highest BCUT2D eigenvalue weighted by atomic mass is 35.5. The summed E-state index contributed by atoms with van der Waals surface area (Å²) >= 11 is 7.66. The van der Waals surface area contributed by atoms with Crippen molar-refractivity contribution in [3.63, 3.8) is 0 Å².